The Balaban J connectivity index is 2.14. The number of aliphatic hydroxyl groups is 5. The van der Waals surface area contributed by atoms with Gasteiger partial charge in [0.25, 0.3) is 0 Å². The highest BCUT2D eigenvalue weighted by molar-refractivity contribution is 5.76. The normalized spacial score (nSPS) is 19.8. The van der Waals surface area contributed by atoms with Crippen LogP contribution in [0.15, 0.2) is 48.6 Å². The van der Waals surface area contributed by atoms with Crippen molar-refractivity contribution in [3.05, 3.63) is 48.6 Å². The lowest BCUT2D eigenvalue weighted by Crippen LogP contribution is -2.60. The molecule has 1 saturated heterocycles. The molecule has 0 spiro atoms. The zero-order chi connectivity index (χ0) is 49.6. The summed E-state index contributed by atoms with van der Waals surface area (Å²) in [4.78, 5) is 25.0. The van der Waals surface area contributed by atoms with E-state index in [4.69, 9.17) is 14.2 Å². The summed E-state index contributed by atoms with van der Waals surface area (Å²) >= 11 is 0. The lowest BCUT2D eigenvalue weighted by Gasteiger charge is -2.40. The van der Waals surface area contributed by atoms with Gasteiger partial charge in [-0.2, -0.15) is 0 Å². The second-order valence-electron chi connectivity index (χ2n) is 19.3. The van der Waals surface area contributed by atoms with E-state index in [-0.39, 0.29) is 24.9 Å². The summed E-state index contributed by atoms with van der Waals surface area (Å²) in [6.07, 6.45) is 48.0. The number of esters is 1. The number of aliphatic hydroxyl groups excluding tert-OH is 5. The standard InChI is InChI=1S/C57H103NO10/c1-3-5-7-9-11-13-15-16-17-18-19-22-25-29-33-37-41-45-53(62)66-46-42-38-34-30-26-23-20-21-24-28-32-36-40-44-52(61)58-49(48-67-57-56(65)55(64)54(63)51(47-59)68-57)50(60)43-39-35-31-27-14-12-10-8-6-4-2/h14,21,24,27,32,36,39,43,49-51,54-57,59-60,63-65H,3-13,15-20,22-23,25-26,28-31,33-35,37-38,40-42,44-48H2,1-2H3,(H,58,61)/b24-21-,27-14+,36-32-,43-39+. The van der Waals surface area contributed by atoms with Crippen LogP contribution >= 0.6 is 0 Å². The van der Waals surface area contributed by atoms with Crippen molar-refractivity contribution < 1.29 is 49.3 Å². The summed E-state index contributed by atoms with van der Waals surface area (Å²) in [5.74, 6) is -0.312. The summed E-state index contributed by atoms with van der Waals surface area (Å²) in [6.45, 7) is 4.19. The molecule has 396 valence electrons. The van der Waals surface area contributed by atoms with Gasteiger partial charge in [-0.05, 0) is 64.2 Å². The molecule has 11 heteroatoms. The zero-order valence-electron chi connectivity index (χ0n) is 43.3. The minimum absolute atomic E-state index is 0.0373. The number of rotatable bonds is 47. The number of allylic oxidation sites excluding steroid dienone is 7. The van der Waals surface area contributed by atoms with Crippen LogP contribution in [-0.4, -0.2) is 100 Å². The Hall–Kier alpha value is -2.38. The van der Waals surface area contributed by atoms with Crippen LogP contribution in [0.2, 0.25) is 0 Å². The number of carbonyl (C=O) groups excluding carboxylic acids is 2. The largest absolute Gasteiger partial charge is 0.466 e. The number of unbranched alkanes of at least 4 members (excludes halogenated alkanes) is 27. The van der Waals surface area contributed by atoms with Crippen molar-refractivity contribution in [2.45, 2.75) is 281 Å². The molecule has 0 saturated carbocycles. The Bertz CT molecular complexity index is 1270. The van der Waals surface area contributed by atoms with E-state index in [0.29, 0.717) is 19.4 Å². The Labute approximate surface area is 415 Å². The molecule has 7 atom stereocenters. The second-order valence-corrected chi connectivity index (χ2v) is 19.3. The molecular formula is C57H103NO10. The van der Waals surface area contributed by atoms with E-state index in [1.165, 1.54) is 135 Å². The Morgan fingerprint density at radius 1 is 0.544 bits per heavy atom. The van der Waals surface area contributed by atoms with Crippen molar-refractivity contribution in [3.63, 3.8) is 0 Å². The molecule has 1 amide bonds. The third-order valence-corrected chi connectivity index (χ3v) is 12.9. The highest BCUT2D eigenvalue weighted by Gasteiger charge is 2.44. The molecule has 0 bridgehead atoms. The van der Waals surface area contributed by atoms with Gasteiger partial charge in [-0.1, -0.05) is 210 Å². The summed E-state index contributed by atoms with van der Waals surface area (Å²) in [7, 11) is 0. The summed E-state index contributed by atoms with van der Waals surface area (Å²) < 4.78 is 16.6. The fraction of sp³-hybridized carbons (Fsp3) is 0.825. The first-order valence-corrected chi connectivity index (χ1v) is 27.9. The van der Waals surface area contributed by atoms with E-state index >= 15 is 0 Å². The fourth-order valence-corrected chi connectivity index (χ4v) is 8.44. The van der Waals surface area contributed by atoms with Crippen molar-refractivity contribution in [2.24, 2.45) is 0 Å². The van der Waals surface area contributed by atoms with Crippen LogP contribution < -0.4 is 5.32 Å². The number of carbonyl (C=O) groups is 2. The molecule has 1 aliphatic rings. The number of amides is 1. The van der Waals surface area contributed by atoms with Gasteiger partial charge in [0.1, 0.15) is 24.4 Å². The van der Waals surface area contributed by atoms with E-state index in [1.54, 1.807) is 6.08 Å². The summed E-state index contributed by atoms with van der Waals surface area (Å²) in [5.41, 5.74) is 0. The molecule has 1 heterocycles. The van der Waals surface area contributed by atoms with E-state index in [0.717, 1.165) is 70.6 Å². The third-order valence-electron chi connectivity index (χ3n) is 12.9. The molecule has 0 radical (unpaired) electrons. The van der Waals surface area contributed by atoms with Gasteiger partial charge in [0.2, 0.25) is 5.91 Å². The van der Waals surface area contributed by atoms with Gasteiger partial charge >= 0.3 is 5.97 Å². The third kappa shape index (κ3) is 36.5. The Morgan fingerprint density at radius 3 is 1.59 bits per heavy atom. The molecule has 1 fully saturated rings. The topological polar surface area (TPSA) is 175 Å². The predicted molar refractivity (Wildman–Crippen MR) is 278 cm³/mol. The van der Waals surface area contributed by atoms with Crippen LogP contribution in [0.3, 0.4) is 0 Å². The second kappa shape index (κ2) is 47.0. The Morgan fingerprint density at radius 2 is 1.01 bits per heavy atom. The molecule has 68 heavy (non-hydrogen) atoms. The first-order chi connectivity index (χ1) is 33.2. The van der Waals surface area contributed by atoms with E-state index in [2.05, 4.69) is 43.5 Å². The van der Waals surface area contributed by atoms with Crippen molar-refractivity contribution in [1.82, 2.24) is 5.32 Å². The van der Waals surface area contributed by atoms with E-state index in [1.807, 2.05) is 18.2 Å². The van der Waals surface area contributed by atoms with Crippen LogP contribution in [0.1, 0.15) is 239 Å². The quantitative estimate of drug-likeness (QED) is 0.0196. The molecule has 0 aromatic heterocycles. The maximum atomic E-state index is 12.9. The summed E-state index contributed by atoms with van der Waals surface area (Å²) in [6, 6.07) is -0.870. The molecule has 7 unspecified atom stereocenters. The maximum Gasteiger partial charge on any atom is 0.305 e. The van der Waals surface area contributed by atoms with Gasteiger partial charge in [-0.15, -0.1) is 0 Å². The van der Waals surface area contributed by atoms with Gasteiger partial charge in [0.05, 0.1) is 32.0 Å². The van der Waals surface area contributed by atoms with Crippen LogP contribution in [0.4, 0.5) is 0 Å². The van der Waals surface area contributed by atoms with Gasteiger partial charge in [-0.3, -0.25) is 9.59 Å². The molecule has 6 N–H and O–H groups in total. The minimum Gasteiger partial charge on any atom is -0.466 e. The van der Waals surface area contributed by atoms with Gasteiger partial charge in [0, 0.05) is 12.8 Å². The monoisotopic (exact) mass is 962 g/mol. The van der Waals surface area contributed by atoms with Crippen LogP contribution in [-0.2, 0) is 23.8 Å². The van der Waals surface area contributed by atoms with Gasteiger partial charge in [-0.25, -0.2) is 0 Å². The number of ether oxygens (including phenoxy) is 3. The Kier molecular flexibility index (Phi) is 44.0. The van der Waals surface area contributed by atoms with Crippen molar-refractivity contribution >= 4 is 11.9 Å². The molecular weight excluding hydrogens is 859 g/mol. The maximum absolute atomic E-state index is 12.9. The SMILES string of the molecule is CCCCCC/C=C/CC/C=C/C(O)C(COC1OC(CO)C(O)C(O)C1O)NC(=O)CC/C=C\C/C=C\CCCCCCCCOC(=O)CCCCCCCCCCCCCCCCCCC. The average molecular weight is 962 g/mol. The molecule has 1 aliphatic heterocycles. The number of hydrogen-bond donors (Lipinski definition) is 6. The van der Waals surface area contributed by atoms with Crippen molar-refractivity contribution in [3.8, 4) is 0 Å². The lowest BCUT2D eigenvalue weighted by atomic mass is 9.99. The van der Waals surface area contributed by atoms with Gasteiger partial charge < -0.3 is 45.1 Å². The first kappa shape index (κ1) is 63.6. The predicted octanol–water partition coefficient (Wildman–Crippen LogP) is 12.1. The molecule has 0 aromatic rings. The zero-order valence-corrected chi connectivity index (χ0v) is 43.3. The number of nitrogens with one attached hydrogen (secondary N) is 1. The fourth-order valence-electron chi connectivity index (χ4n) is 8.44. The minimum atomic E-state index is -1.59. The molecule has 1 rings (SSSR count). The lowest BCUT2D eigenvalue weighted by molar-refractivity contribution is -0.302. The smallest absolute Gasteiger partial charge is 0.305 e. The van der Waals surface area contributed by atoms with Crippen LogP contribution in [0.25, 0.3) is 0 Å². The van der Waals surface area contributed by atoms with Crippen LogP contribution in [0, 0.1) is 0 Å². The van der Waals surface area contributed by atoms with E-state index < -0.39 is 49.5 Å². The highest BCUT2D eigenvalue weighted by atomic mass is 16.7. The van der Waals surface area contributed by atoms with Crippen molar-refractivity contribution in [1.29, 1.82) is 0 Å². The first-order valence-electron chi connectivity index (χ1n) is 27.9. The van der Waals surface area contributed by atoms with E-state index in [9.17, 15) is 35.1 Å². The molecule has 0 aromatic carbocycles. The summed E-state index contributed by atoms with van der Waals surface area (Å²) in [5, 5.41) is 54.0. The van der Waals surface area contributed by atoms with Crippen LogP contribution in [0.5, 0.6) is 0 Å². The van der Waals surface area contributed by atoms with Gasteiger partial charge in [0.15, 0.2) is 6.29 Å². The number of hydrogen-bond acceptors (Lipinski definition) is 10. The average Bonchev–Trinajstić information content (AvgIpc) is 3.33. The van der Waals surface area contributed by atoms with Crippen molar-refractivity contribution in [2.75, 3.05) is 19.8 Å². The molecule has 0 aliphatic carbocycles. The highest BCUT2D eigenvalue weighted by Crippen LogP contribution is 2.23. The molecule has 11 nitrogen and oxygen atoms in total.